The van der Waals surface area contributed by atoms with Crippen molar-refractivity contribution in [2.45, 2.75) is 39.0 Å². The van der Waals surface area contributed by atoms with Gasteiger partial charge in [-0.2, -0.15) is 0 Å². The number of hydrogen-bond acceptors (Lipinski definition) is 2. The first kappa shape index (κ1) is 13.4. The number of benzene rings is 1. The van der Waals surface area contributed by atoms with Crippen molar-refractivity contribution in [1.82, 2.24) is 5.32 Å². The third-order valence-electron chi connectivity index (χ3n) is 3.95. The van der Waals surface area contributed by atoms with Crippen molar-refractivity contribution in [3.8, 4) is 5.75 Å². The number of nitrogens with one attached hydrogen (secondary N) is 1. The lowest BCUT2D eigenvalue weighted by atomic mass is 9.89. The third kappa shape index (κ3) is 3.26. The fourth-order valence-electron chi connectivity index (χ4n) is 2.69. The Hall–Kier alpha value is -1.02. The van der Waals surface area contributed by atoms with E-state index in [0.717, 1.165) is 31.2 Å². The van der Waals surface area contributed by atoms with Gasteiger partial charge in [0, 0.05) is 0 Å². The molecule has 1 heterocycles. The summed E-state index contributed by atoms with van der Waals surface area (Å²) in [4.78, 5) is 0. The van der Waals surface area contributed by atoms with Crippen molar-refractivity contribution >= 4 is 0 Å². The summed E-state index contributed by atoms with van der Waals surface area (Å²) in [5, 5.41) is 3.42. The summed E-state index contributed by atoms with van der Waals surface area (Å²) in [5.74, 6) is 2.44. The number of rotatable bonds is 4. The molecule has 100 valence electrons. The maximum Gasteiger partial charge on any atom is 0.122 e. The van der Waals surface area contributed by atoms with Crippen molar-refractivity contribution in [2.24, 2.45) is 5.92 Å². The van der Waals surface area contributed by atoms with Crippen LogP contribution < -0.4 is 10.1 Å². The first-order valence-corrected chi connectivity index (χ1v) is 7.08. The fourth-order valence-corrected chi connectivity index (χ4v) is 2.69. The minimum Gasteiger partial charge on any atom is -0.496 e. The monoisotopic (exact) mass is 247 g/mol. The largest absolute Gasteiger partial charge is 0.496 e. The molecule has 0 aromatic heterocycles. The van der Waals surface area contributed by atoms with E-state index in [2.05, 4.69) is 37.4 Å². The van der Waals surface area contributed by atoms with Crippen LogP contribution >= 0.6 is 0 Å². The Morgan fingerprint density at radius 3 is 2.61 bits per heavy atom. The molecule has 2 nitrogen and oxygen atoms in total. The molecular formula is C16H25NO. The Balaban J connectivity index is 2.11. The highest BCUT2D eigenvalue weighted by atomic mass is 16.5. The van der Waals surface area contributed by atoms with E-state index in [1.807, 2.05) is 0 Å². The van der Waals surface area contributed by atoms with Crippen LogP contribution in [0, 0.1) is 5.92 Å². The summed E-state index contributed by atoms with van der Waals surface area (Å²) in [7, 11) is 1.78. The Kier molecular flexibility index (Phi) is 4.65. The van der Waals surface area contributed by atoms with E-state index in [1.54, 1.807) is 7.11 Å². The molecule has 0 amide bonds. The van der Waals surface area contributed by atoms with Crippen molar-refractivity contribution in [3.05, 3.63) is 29.3 Å². The van der Waals surface area contributed by atoms with E-state index in [-0.39, 0.29) is 0 Å². The normalized spacial score (nSPS) is 17.1. The van der Waals surface area contributed by atoms with Crippen molar-refractivity contribution in [3.63, 3.8) is 0 Å². The maximum absolute atomic E-state index is 5.56. The van der Waals surface area contributed by atoms with Crippen LogP contribution in [0.1, 0.15) is 43.7 Å². The summed E-state index contributed by atoms with van der Waals surface area (Å²) in [6.45, 7) is 6.77. The van der Waals surface area contributed by atoms with E-state index in [9.17, 15) is 0 Å². The first-order valence-electron chi connectivity index (χ1n) is 7.08. The van der Waals surface area contributed by atoms with Crippen LogP contribution in [0.3, 0.4) is 0 Å². The van der Waals surface area contributed by atoms with Crippen LogP contribution in [-0.2, 0) is 6.42 Å². The molecule has 2 rings (SSSR count). The second-order valence-corrected chi connectivity index (χ2v) is 5.62. The molecule has 0 spiro atoms. The zero-order valence-electron chi connectivity index (χ0n) is 11.8. The standard InChI is InChI=1S/C16H25NO/c1-12(2)14-4-5-15(16(11-14)18-3)10-13-6-8-17-9-7-13/h4-5,11-13,17H,6-10H2,1-3H3. The molecule has 0 bridgehead atoms. The highest BCUT2D eigenvalue weighted by molar-refractivity contribution is 5.39. The molecule has 0 aliphatic carbocycles. The highest BCUT2D eigenvalue weighted by Gasteiger charge is 2.16. The highest BCUT2D eigenvalue weighted by Crippen LogP contribution is 2.28. The lowest BCUT2D eigenvalue weighted by Crippen LogP contribution is -2.28. The van der Waals surface area contributed by atoms with Gasteiger partial charge in [-0.3, -0.25) is 0 Å². The molecule has 1 aromatic rings. The quantitative estimate of drug-likeness (QED) is 0.881. The Bertz CT molecular complexity index is 381. The van der Waals surface area contributed by atoms with Gasteiger partial charge in [0.05, 0.1) is 7.11 Å². The van der Waals surface area contributed by atoms with Crippen molar-refractivity contribution < 1.29 is 4.74 Å². The molecule has 2 heteroatoms. The molecule has 18 heavy (non-hydrogen) atoms. The molecule has 1 N–H and O–H groups in total. The van der Waals surface area contributed by atoms with Gasteiger partial charge in [0.2, 0.25) is 0 Å². The predicted molar refractivity (Wildman–Crippen MR) is 76.4 cm³/mol. The Morgan fingerprint density at radius 1 is 1.28 bits per heavy atom. The second-order valence-electron chi connectivity index (χ2n) is 5.62. The summed E-state index contributed by atoms with van der Waals surface area (Å²) >= 11 is 0. The third-order valence-corrected chi connectivity index (χ3v) is 3.95. The molecule has 0 unspecified atom stereocenters. The molecule has 1 fully saturated rings. The SMILES string of the molecule is COc1cc(C(C)C)ccc1CC1CCNCC1. The second kappa shape index (κ2) is 6.24. The lowest BCUT2D eigenvalue weighted by Gasteiger charge is -2.23. The summed E-state index contributed by atoms with van der Waals surface area (Å²) in [6.07, 6.45) is 3.73. The fraction of sp³-hybridized carbons (Fsp3) is 0.625. The van der Waals surface area contributed by atoms with Crippen LogP contribution in [0.4, 0.5) is 0 Å². The number of hydrogen-bond donors (Lipinski definition) is 1. The topological polar surface area (TPSA) is 21.3 Å². The molecule has 1 aliphatic rings. The van der Waals surface area contributed by atoms with E-state index in [0.29, 0.717) is 5.92 Å². The van der Waals surface area contributed by atoms with Gasteiger partial charge in [0.25, 0.3) is 0 Å². The molecule has 1 aromatic carbocycles. The average molecular weight is 247 g/mol. The van der Waals surface area contributed by atoms with Gasteiger partial charge in [0.15, 0.2) is 0 Å². The van der Waals surface area contributed by atoms with Crippen LogP contribution in [0.2, 0.25) is 0 Å². The Labute approximate surface area is 111 Å². The van der Waals surface area contributed by atoms with Crippen LogP contribution in [-0.4, -0.2) is 20.2 Å². The minimum absolute atomic E-state index is 0.562. The molecular weight excluding hydrogens is 222 g/mol. The summed E-state index contributed by atoms with van der Waals surface area (Å²) < 4.78 is 5.56. The minimum atomic E-state index is 0.562. The summed E-state index contributed by atoms with van der Waals surface area (Å²) in [5.41, 5.74) is 2.73. The van der Waals surface area contributed by atoms with E-state index >= 15 is 0 Å². The smallest absolute Gasteiger partial charge is 0.122 e. The predicted octanol–water partition coefficient (Wildman–Crippen LogP) is 3.36. The number of piperidine rings is 1. The van der Waals surface area contributed by atoms with Crippen LogP contribution in [0.15, 0.2) is 18.2 Å². The first-order chi connectivity index (χ1) is 8.70. The van der Waals surface area contributed by atoms with E-state index < -0.39 is 0 Å². The van der Waals surface area contributed by atoms with Crippen molar-refractivity contribution in [2.75, 3.05) is 20.2 Å². The van der Waals surface area contributed by atoms with Gasteiger partial charge in [-0.1, -0.05) is 26.0 Å². The van der Waals surface area contributed by atoms with Gasteiger partial charge in [0.1, 0.15) is 5.75 Å². The molecule has 1 aliphatic heterocycles. The molecule has 0 radical (unpaired) electrons. The van der Waals surface area contributed by atoms with Gasteiger partial charge < -0.3 is 10.1 Å². The van der Waals surface area contributed by atoms with Crippen LogP contribution in [0.5, 0.6) is 5.75 Å². The zero-order valence-corrected chi connectivity index (χ0v) is 11.8. The van der Waals surface area contributed by atoms with Gasteiger partial charge in [-0.15, -0.1) is 0 Å². The van der Waals surface area contributed by atoms with Gasteiger partial charge in [-0.25, -0.2) is 0 Å². The van der Waals surface area contributed by atoms with Gasteiger partial charge >= 0.3 is 0 Å². The summed E-state index contributed by atoms with van der Waals surface area (Å²) in [6, 6.07) is 6.72. The molecule has 0 saturated carbocycles. The lowest BCUT2D eigenvalue weighted by molar-refractivity contribution is 0.361. The maximum atomic E-state index is 5.56. The van der Waals surface area contributed by atoms with Gasteiger partial charge in [-0.05, 0) is 61.4 Å². The van der Waals surface area contributed by atoms with E-state index in [1.165, 1.54) is 24.0 Å². The average Bonchev–Trinajstić information content (AvgIpc) is 2.40. The Morgan fingerprint density at radius 2 is 2.00 bits per heavy atom. The number of methoxy groups -OCH3 is 1. The van der Waals surface area contributed by atoms with Crippen molar-refractivity contribution in [1.29, 1.82) is 0 Å². The zero-order chi connectivity index (χ0) is 13.0. The molecule has 1 saturated heterocycles. The van der Waals surface area contributed by atoms with E-state index in [4.69, 9.17) is 4.74 Å². The van der Waals surface area contributed by atoms with Crippen LogP contribution in [0.25, 0.3) is 0 Å². The molecule has 0 atom stereocenters. The number of ether oxygens (including phenoxy) is 1.